The van der Waals surface area contributed by atoms with E-state index in [1.807, 2.05) is 56.7 Å². The molecule has 1 aliphatic rings. The van der Waals surface area contributed by atoms with Crippen LogP contribution in [0, 0.1) is 11.8 Å². The van der Waals surface area contributed by atoms with Crippen molar-refractivity contribution < 1.29 is 9.59 Å². The Hall–Kier alpha value is -2.37. The lowest BCUT2D eigenvalue weighted by molar-refractivity contribution is -0.132. The summed E-state index contributed by atoms with van der Waals surface area (Å²) in [6, 6.07) is 7.76. The highest BCUT2D eigenvalue weighted by atomic mass is 16.2. The average molecular weight is 370 g/mol. The summed E-state index contributed by atoms with van der Waals surface area (Å²) < 4.78 is 2.04. The molecular formula is C21H30N4O2. The molecule has 0 unspecified atom stereocenters. The van der Waals surface area contributed by atoms with E-state index in [-0.39, 0.29) is 41.7 Å². The second kappa shape index (κ2) is 6.98. The zero-order valence-electron chi connectivity index (χ0n) is 17.1. The molecule has 6 nitrogen and oxygen atoms in total. The minimum Gasteiger partial charge on any atom is -0.346 e. The molecule has 6 heteroatoms. The first-order valence-electron chi connectivity index (χ1n) is 9.61. The highest BCUT2D eigenvalue weighted by molar-refractivity contribution is 5.89. The third-order valence-electron chi connectivity index (χ3n) is 5.37. The number of rotatable bonds is 4. The van der Waals surface area contributed by atoms with Crippen LogP contribution in [0.1, 0.15) is 52.9 Å². The Morgan fingerprint density at radius 2 is 1.93 bits per heavy atom. The summed E-state index contributed by atoms with van der Waals surface area (Å²) in [5, 5.41) is 3.17. The fourth-order valence-electron chi connectivity index (χ4n) is 3.77. The number of amides is 2. The van der Waals surface area contributed by atoms with E-state index < -0.39 is 0 Å². The van der Waals surface area contributed by atoms with Crippen molar-refractivity contribution in [2.24, 2.45) is 18.9 Å². The van der Waals surface area contributed by atoms with E-state index in [0.29, 0.717) is 6.54 Å². The lowest BCUT2D eigenvalue weighted by Crippen LogP contribution is -2.43. The summed E-state index contributed by atoms with van der Waals surface area (Å²) in [7, 11) is 1.98. The van der Waals surface area contributed by atoms with Crippen LogP contribution in [0.4, 0.5) is 0 Å². The van der Waals surface area contributed by atoms with E-state index >= 15 is 0 Å². The number of likely N-dealkylation sites (tertiary alicyclic amines) is 1. The fraction of sp³-hybridized carbons (Fsp3) is 0.571. The monoisotopic (exact) mass is 370 g/mol. The van der Waals surface area contributed by atoms with Crippen LogP contribution in [0.5, 0.6) is 0 Å². The molecular weight excluding hydrogens is 340 g/mol. The number of aryl methyl sites for hydroxylation is 1. The Labute approximate surface area is 160 Å². The predicted molar refractivity (Wildman–Crippen MR) is 106 cm³/mol. The number of benzene rings is 1. The molecule has 2 amide bonds. The number of hydrogen-bond donors (Lipinski definition) is 1. The molecule has 2 heterocycles. The normalized spacial score (nSPS) is 19.1. The Bertz CT molecular complexity index is 863. The predicted octanol–water partition coefficient (Wildman–Crippen LogP) is 3.03. The molecule has 2 aromatic rings. The summed E-state index contributed by atoms with van der Waals surface area (Å²) >= 11 is 0. The summed E-state index contributed by atoms with van der Waals surface area (Å²) in [5.41, 5.74) is 1.70. The molecule has 27 heavy (non-hydrogen) atoms. The van der Waals surface area contributed by atoms with Crippen LogP contribution < -0.4 is 5.32 Å². The molecule has 1 fully saturated rings. The molecule has 1 aliphatic heterocycles. The first kappa shape index (κ1) is 19.4. The number of carbonyl (C=O) groups excluding carboxylic acids is 2. The van der Waals surface area contributed by atoms with Crippen LogP contribution in [-0.2, 0) is 16.6 Å². The smallest absolute Gasteiger partial charge is 0.226 e. The highest BCUT2D eigenvalue weighted by Gasteiger charge is 2.40. The molecule has 3 rings (SSSR count). The van der Waals surface area contributed by atoms with Gasteiger partial charge in [-0.1, -0.05) is 26.0 Å². The van der Waals surface area contributed by atoms with Crippen molar-refractivity contribution in [2.45, 2.75) is 52.6 Å². The molecule has 2 atom stereocenters. The first-order chi connectivity index (χ1) is 12.6. The lowest BCUT2D eigenvalue weighted by Gasteiger charge is -2.32. The maximum absolute atomic E-state index is 13.0. The Morgan fingerprint density at radius 3 is 2.48 bits per heavy atom. The third kappa shape index (κ3) is 3.70. The van der Waals surface area contributed by atoms with Gasteiger partial charge >= 0.3 is 0 Å². The van der Waals surface area contributed by atoms with Gasteiger partial charge in [-0.3, -0.25) is 9.59 Å². The van der Waals surface area contributed by atoms with Gasteiger partial charge in [0.25, 0.3) is 0 Å². The van der Waals surface area contributed by atoms with Crippen molar-refractivity contribution >= 4 is 22.8 Å². The zero-order valence-corrected chi connectivity index (χ0v) is 17.1. The van der Waals surface area contributed by atoms with Crippen LogP contribution in [-0.4, -0.2) is 38.3 Å². The number of fused-ring (bicyclic) bond motifs is 1. The first-order valence-corrected chi connectivity index (χ1v) is 9.61. The minimum absolute atomic E-state index is 0.0477. The number of para-hydroxylation sites is 2. The van der Waals surface area contributed by atoms with E-state index in [2.05, 4.69) is 19.2 Å². The van der Waals surface area contributed by atoms with E-state index in [1.165, 1.54) is 0 Å². The standard InChI is InChI=1S/C21H30N4O2/c1-13(2)18(19-22-15-9-7-8-10-16(15)24(19)6)23-20(27)14-11-17(26)25(12-14)21(3,4)5/h7-10,13-14,18H,11-12H2,1-6H3,(H,23,27)/t14-,18+/m1/s1. The van der Waals surface area contributed by atoms with Gasteiger partial charge in [0.05, 0.1) is 23.0 Å². The molecule has 146 valence electrons. The van der Waals surface area contributed by atoms with Gasteiger partial charge in [0.15, 0.2) is 0 Å². The van der Waals surface area contributed by atoms with Gasteiger partial charge in [-0.25, -0.2) is 4.98 Å². The summed E-state index contributed by atoms with van der Waals surface area (Å²) in [6.45, 7) is 10.6. The Morgan fingerprint density at radius 1 is 1.26 bits per heavy atom. The zero-order chi connectivity index (χ0) is 19.9. The lowest BCUT2D eigenvalue weighted by atomic mass is 10.0. The molecule has 0 radical (unpaired) electrons. The van der Waals surface area contributed by atoms with E-state index in [1.54, 1.807) is 4.90 Å². The minimum atomic E-state index is -0.312. The van der Waals surface area contributed by atoms with Gasteiger partial charge in [-0.15, -0.1) is 0 Å². The number of aromatic nitrogens is 2. The van der Waals surface area contributed by atoms with Crippen LogP contribution in [0.3, 0.4) is 0 Å². The summed E-state index contributed by atoms with van der Waals surface area (Å²) in [6.07, 6.45) is 0.274. The maximum atomic E-state index is 13.0. The van der Waals surface area contributed by atoms with Crippen LogP contribution in [0.25, 0.3) is 11.0 Å². The van der Waals surface area contributed by atoms with E-state index in [4.69, 9.17) is 4.98 Å². The Kier molecular flexibility index (Phi) is 5.02. The van der Waals surface area contributed by atoms with Crippen molar-refractivity contribution in [3.63, 3.8) is 0 Å². The summed E-state index contributed by atoms with van der Waals surface area (Å²) in [4.78, 5) is 31.8. The van der Waals surface area contributed by atoms with Crippen LogP contribution in [0.15, 0.2) is 24.3 Å². The van der Waals surface area contributed by atoms with Crippen molar-refractivity contribution in [1.29, 1.82) is 0 Å². The number of imidazole rings is 1. The number of nitrogens with zero attached hydrogens (tertiary/aromatic N) is 3. The van der Waals surface area contributed by atoms with E-state index in [0.717, 1.165) is 16.9 Å². The van der Waals surface area contributed by atoms with Gasteiger partial charge in [0.1, 0.15) is 5.82 Å². The van der Waals surface area contributed by atoms with Gasteiger partial charge in [0, 0.05) is 25.6 Å². The molecule has 1 saturated heterocycles. The molecule has 1 N–H and O–H groups in total. The van der Waals surface area contributed by atoms with Crippen LogP contribution >= 0.6 is 0 Å². The third-order valence-corrected chi connectivity index (χ3v) is 5.37. The van der Waals surface area contributed by atoms with Crippen molar-refractivity contribution in [3.05, 3.63) is 30.1 Å². The van der Waals surface area contributed by atoms with Gasteiger partial charge in [-0.2, -0.15) is 0 Å². The SMILES string of the molecule is CC(C)[C@H](NC(=O)[C@@H]1CC(=O)N(C(C)(C)C)C1)c1nc2ccccc2n1C. The van der Waals surface area contributed by atoms with Gasteiger partial charge < -0.3 is 14.8 Å². The highest BCUT2D eigenvalue weighted by Crippen LogP contribution is 2.29. The molecule has 0 aliphatic carbocycles. The Balaban J connectivity index is 1.82. The quantitative estimate of drug-likeness (QED) is 0.899. The second-order valence-electron chi connectivity index (χ2n) is 8.82. The second-order valence-corrected chi connectivity index (χ2v) is 8.82. The molecule has 1 aromatic carbocycles. The van der Waals surface area contributed by atoms with Crippen molar-refractivity contribution in [1.82, 2.24) is 19.8 Å². The molecule has 0 saturated carbocycles. The van der Waals surface area contributed by atoms with E-state index in [9.17, 15) is 9.59 Å². The fourth-order valence-corrected chi connectivity index (χ4v) is 3.77. The topological polar surface area (TPSA) is 67.2 Å². The van der Waals surface area contributed by atoms with Crippen molar-refractivity contribution in [2.75, 3.05) is 6.54 Å². The number of carbonyl (C=O) groups is 2. The average Bonchev–Trinajstić information content (AvgIpc) is 3.13. The van der Waals surface area contributed by atoms with Crippen LogP contribution in [0.2, 0.25) is 0 Å². The maximum Gasteiger partial charge on any atom is 0.226 e. The number of hydrogen-bond acceptors (Lipinski definition) is 3. The number of nitrogens with one attached hydrogen (secondary N) is 1. The molecule has 0 bridgehead atoms. The molecule has 0 spiro atoms. The largest absolute Gasteiger partial charge is 0.346 e. The molecule has 1 aromatic heterocycles. The van der Waals surface area contributed by atoms with Gasteiger partial charge in [0.2, 0.25) is 11.8 Å². The summed E-state index contributed by atoms with van der Waals surface area (Å²) in [5.74, 6) is 0.692. The van der Waals surface area contributed by atoms with Gasteiger partial charge in [-0.05, 0) is 38.8 Å². The van der Waals surface area contributed by atoms with Crippen molar-refractivity contribution in [3.8, 4) is 0 Å².